The molecule has 1 fully saturated rings. The summed E-state index contributed by atoms with van der Waals surface area (Å²) in [5.41, 5.74) is 2.31. The number of carbonyl (C=O) groups excluding carboxylic acids is 1. The maximum absolute atomic E-state index is 11.7. The number of aliphatic hydroxyl groups excluding tert-OH is 2. The zero-order chi connectivity index (χ0) is 14.5. The number of ether oxygens (including phenoxy) is 1. The quantitative estimate of drug-likeness (QED) is 0.441. The van der Waals surface area contributed by atoms with Gasteiger partial charge in [0.25, 0.3) is 5.91 Å². The van der Waals surface area contributed by atoms with E-state index in [9.17, 15) is 20.1 Å². The summed E-state index contributed by atoms with van der Waals surface area (Å²) in [6.07, 6.45) is -2.92. The van der Waals surface area contributed by atoms with Gasteiger partial charge in [-0.05, 0) is 19.1 Å². The van der Waals surface area contributed by atoms with Crippen LogP contribution in [0.25, 0.3) is 0 Å². The van der Waals surface area contributed by atoms with Gasteiger partial charge < -0.3 is 30.8 Å². The van der Waals surface area contributed by atoms with E-state index in [-0.39, 0.29) is 12.6 Å². The fraction of sp³-hybridized carbons (Fsp3) is 0.583. The number of aliphatic hydroxyl groups is 3. The van der Waals surface area contributed by atoms with Crippen molar-refractivity contribution in [2.45, 2.75) is 30.8 Å². The molecule has 20 heavy (non-hydrogen) atoms. The summed E-state index contributed by atoms with van der Waals surface area (Å²) in [6.45, 7) is 1.31. The maximum Gasteiger partial charge on any atom is 0.271 e. The fourth-order valence-electron chi connectivity index (χ4n) is 2.73. The molecule has 8 heteroatoms. The Bertz CT molecular complexity index is 541. The van der Waals surface area contributed by atoms with Gasteiger partial charge in [-0.15, -0.1) is 0 Å². The van der Waals surface area contributed by atoms with Crippen molar-refractivity contribution >= 4 is 5.91 Å². The monoisotopic (exact) mass is 283 g/mol. The van der Waals surface area contributed by atoms with E-state index < -0.39 is 30.5 Å². The minimum absolute atomic E-state index is 0.230. The molecule has 110 valence electrons. The van der Waals surface area contributed by atoms with Gasteiger partial charge in [-0.25, -0.2) is 0 Å². The molecule has 2 aliphatic heterocycles. The van der Waals surface area contributed by atoms with E-state index in [0.717, 1.165) is 0 Å². The van der Waals surface area contributed by atoms with Gasteiger partial charge in [-0.3, -0.25) is 9.47 Å². The lowest BCUT2D eigenvalue weighted by Crippen LogP contribution is -2.45. The number of nitrogens with one attached hydrogen (secondary N) is 2. The fourth-order valence-corrected chi connectivity index (χ4v) is 2.73. The first-order chi connectivity index (χ1) is 9.46. The van der Waals surface area contributed by atoms with Crippen molar-refractivity contribution in [1.82, 2.24) is 9.99 Å². The van der Waals surface area contributed by atoms with Crippen molar-refractivity contribution < 1.29 is 24.9 Å². The van der Waals surface area contributed by atoms with Crippen molar-refractivity contribution in [2.75, 3.05) is 18.7 Å². The zero-order valence-electron chi connectivity index (χ0n) is 10.9. The zero-order valence-corrected chi connectivity index (χ0v) is 10.9. The Morgan fingerprint density at radius 3 is 2.95 bits per heavy atom. The first-order valence-corrected chi connectivity index (χ1v) is 6.37. The predicted octanol–water partition coefficient (Wildman–Crippen LogP) is -1.72. The van der Waals surface area contributed by atoms with E-state index in [0.29, 0.717) is 11.4 Å². The molecule has 5 N–H and O–H groups in total. The molecule has 0 aliphatic carbocycles. The van der Waals surface area contributed by atoms with Gasteiger partial charge in [-0.2, -0.15) is 0 Å². The molecule has 0 radical (unpaired) electrons. The Labute approximate surface area is 114 Å². The Balaban J connectivity index is 2.00. The van der Waals surface area contributed by atoms with Crippen LogP contribution in [0.5, 0.6) is 0 Å². The number of rotatable bonds is 2. The Morgan fingerprint density at radius 1 is 1.55 bits per heavy atom. The highest BCUT2D eigenvalue weighted by molar-refractivity contribution is 5.93. The van der Waals surface area contributed by atoms with Crippen LogP contribution in [0.2, 0.25) is 0 Å². The summed E-state index contributed by atoms with van der Waals surface area (Å²) in [4.78, 5) is 11.7. The van der Waals surface area contributed by atoms with Crippen LogP contribution in [0.4, 0.5) is 0 Å². The van der Waals surface area contributed by atoms with Crippen LogP contribution in [0.3, 0.4) is 0 Å². The third-order valence-corrected chi connectivity index (χ3v) is 3.87. The van der Waals surface area contributed by atoms with Crippen LogP contribution in [-0.2, 0) is 4.74 Å². The molecular weight excluding hydrogens is 266 g/mol. The first kappa shape index (κ1) is 13.4. The average molecular weight is 283 g/mol. The van der Waals surface area contributed by atoms with Crippen LogP contribution in [0.15, 0.2) is 12.1 Å². The first-order valence-electron chi connectivity index (χ1n) is 6.37. The summed E-state index contributed by atoms with van der Waals surface area (Å²) in [7, 11) is 0. The molecule has 1 amide bonds. The third kappa shape index (κ3) is 1.73. The molecule has 0 spiro atoms. The molecule has 3 rings (SSSR count). The van der Waals surface area contributed by atoms with Gasteiger partial charge in [0.15, 0.2) is 0 Å². The van der Waals surface area contributed by atoms with E-state index in [1.807, 2.05) is 0 Å². The van der Waals surface area contributed by atoms with Crippen molar-refractivity contribution in [2.24, 2.45) is 0 Å². The summed E-state index contributed by atoms with van der Waals surface area (Å²) in [5, 5.41) is 32.2. The minimum Gasteiger partial charge on any atom is -0.394 e. The topological polar surface area (TPSA) is 116 Å². The standard InChI is InChI=1S/C12H17N3O5/c1-12(19)9(17)8(4-16)20-10(12)6-2-3-7-11(18)13-5-14-15(6)7/h2-3,8-10,14,16-17,19H,4-5H2,1H3,(H,13,18)/t8-,9-,10+,12-/m1/s1. The molecule has 1 saturated heterocycles. The molecule has 4 atom stereocenters. The Morgan fingerprint density at radius 2 is 2.30 bits per heavy atom. The number of hydrogen-bond donors (Lipinski definition) is 5. The molecule has 0 unspecified atom stereocenters. The smallest absolute Gasteiger partial charge is 0.271 e. The number of aromatic nitrogens is 1. The van der Waals surface area contributed by atoms with E-state index >= 15 is 0 Å². The van der Waals surface area contributed by atoms with E-state index in [2.05, 4.69) is 10.7 Å². The van der Waals surface area contributed by atoms with Gasteiger partial charge >= 0.3 is 0 Å². The molecular formula is C12H17N3O5. The maximum atomic E-state index is 11.7. The van der Waals surface area contributed by atoms with E-state index in [4.69, 9.17) is 4.74 Å². The summed E-state index contributed by atoms with van der Waals surface area (Å²) < 4.78 is 7.07. The average Bonchev–Trinajstić information content (AvgIpc) is 2.92. The second-order valence-corrected chi connectivity index (χ2v) is 5.23. The highest BCUT2D eigenvalue weighted by Gasteiger charge is 2.53. The number of fused-ring (bicyclic) bond motifs is 1. The molecule has 1 aromatic heterocycles. The normalized spacial score (nSPS) is 36.4. The van der Waals surface area contributed by atoms with Crippen LogP contribution in [0.1, 0.15) is 29.2 Å². The molecule has 0 bridgehead atoms. The lowest BCUT2D eigenvalue weighted by Gasteiger charge is -2.29. The largest absolute Gasteiger partial charge is 0.394 e. The van der Waals surface area contributed by atoms with Crippen LogP contribution >= 0.6 is 0 Å². The van der Waals surface area contributed by atoms with Gasteiger partial charge in [0.1, 0.15) is 36.3 Å². The van der Waals surface area contributed by atoms with Crippen molar-refractivity contribution in [1.29, 1.82) is 0 Å². The van der Waals surface area contributed by atoms with Gasteiger partial charge in [0, 0.05) is 0 Å². The lowest BCUT2D eigenvalue weighted by molar-refractivity contribution is -0.0667. The van der Waals surface area contributed by atoms with Crippen LogP contribution in [0, 0.1) is 0 Å². The lowest BCUT2D eigenvalue weighted by atomic mass is 9.91. The molecule has 3 heterocycles. The highest BCUT2D eigenvalue weighted by Crippen LogP contribution is 2.41. The van der Waals surface area contributed by atoms with Crippen molar-refractivity contribution in [3.05, 3.63) is 23.5 Å². The third-order valence-electron chi connectivity index (χ3n) is 3.87. The Kier molecular flexibility index (Phi) is 2.98. The second-order valence-electron chi connectivity index (χ2n) is 5.23. The Hall–Kier alpha value is -1.61. The van der Waals surface area contributed by atoms with Crippen molar-refractivity contribution in [3.63, 3.8) is 0 Å². The molecule has 0 aromatic carbocycles. The summed E-state index contributed by atoms with van der Waals surface area (Å²) in [6, 6.07) is 3.26. The number of carbonyl (C=O) groups is 1. The summed E-state index contributed by atoms with van der Waals surface area (Å²) in [5.74, 6) is -0.230. The number of nitrogens with zero attached hydrogens (tertiary/aromatic N) is 1. The number of amides is 1. The molecule has 1 aromatic rings. The van der Waals surface area contributed by atoms with E-state index in [1.54, 1.807) is 12.1 Å². The minimum atomic E-state index is -1.56. The molecule has 0 saturated carbocycles. The predicted molar refractivity (Wildman–Crippen MR) is 67.5 cm³/mol. The summed E-state index contributed by atoms with van der Waals surface area (Å²) >= 11 is 0. The number of hydrogen-bond acceptors (Lipinski definition) is 6. The van der Waals surface area contributed by atoms with Gasteiger partial charge in [0.05, 0.1) is 12.3 Å². The van der Waals surface area contributed by atoms with Crippen molar-refractivity contribution in [3.8, 4) is 0 Å². The van der Waals surface area contributed by atoms with Gasteiger partial charge in [0.2, 0.25) is 0 Å². The van der Waals surface area contributed by atoms with Crippen LogP contribution < -0.4 is 10.7 Å². The highest BCUT2D eigenvalue weighted by atomic mass is 16.6. The van der Waals surface area contributed by atoms with E-state index in [1.165, 1.54) is 11.6 Å². The molecule has 2 aliphatic rings. The van der Waals surface area contributed by atoms with Crippen LogP contribution in [-0.4, -0.2) is 57.0 Å². The second kappa shape index (κ2) is 4.45. The molecule has 8 nitrogen and oxygen atoms in total. The van der Waals surface area contributed by atoms with Gasteiger partial charge in [-0.1, -0.05) is 0 Å². The SMILES string of the molecule is C[C@@]1(O)[C@H](O)[C@@H](CO)O[C@H]1c1ccc2n1NCNC2=O.